The molecule has 4 aromatic carbocycles. The topological polar surface area (TPSA) is 43.7 Å². The van der Waals surface area contributed by atoms with Crippen molar-refractivity contribution in [2.24, 2.45) is 0 Å². The van der Waals surface area contributed by atoms with Crippen molar-refractivity contribution in [1.29, 1.82) is 5.46 Å². The SMILES string of the molecule is N#[O+].[Cl][Re].[c-]1[c-][c-][cH-][c-]1.c1ccc([PH+](c2ccccc2)c2ccccc2)cc1. The minimum absolute atomic E-state index is 0.877. The van der Waals surface area contributed by atoms with E-state index in [1.165, 1.54) is 34.1 Å². The summed E-state index contributed by atoms with van der Waals surface area (Å²) in [5, 5.41) is 4.31. The Morgan fingerprint density at radius 2 is 0.929 bits per heavy atom. The van der Waals surface area contributed by atoms with Crippen LogP contribution in [-0.4, -0.2) is 0 Å². The monoisotopic (exact) mass is 576 g/mol. The quantitative estimate of drug-likeness (QED) is 0.203. The van der Waals surface area contributed by atoms with E-state index in [9.17, 15) is 0 Å². The maximum atomic E-state index is 7.25. The van der Waals surface area contributed by atoms with Crippen LogP contribution in [0.25, 0.3) is 0 Å². The van der Waals surface area contributed by atoms with Gasteiger partial charge in [0.05, 0.1) is 7.92 Å². The van der Waals surface area contributed by atoms with Gasteiger partial charge < -0.3 is 30.3 Å². The molecule has 0 atom stereocenters. The fraction of sp³-hybridized carbons (Fsp3) is 0. The van der Waals surface area contributed by atoms with Gasteiger partial charge in [-0.2, -0.15) is 0 Å². The molecule has 4 aromatic rings. The van der Waals surface area contributed by atoms with Crippen LogP contribution in [0.4, 0.5) is 0 Å². The largest absolute Gasteiger partial charge is 0.999 e. The molecule has 0 fully saturated rings. The van der Waals surface area contributed by atoms with Crippen molar-refractivity contribution < 1.29 is 23.0 Å². The fourth-order valence-corrected chi connectivity index (χ4v) is 5.07. The van der Waals surface area contributed by atoms with E-state index in [1.54, 1.807) is 6.07 Å². The van der Waals surface area contributed by atoms with Gasteiger partial charge in [0, 0.05) is 0 Å². The van der Waals surface area contributed by atoms with Gasteiger partial charge in [0.2, 0.25) is 0 Å². The van der Waals surface area contributed by atoms with Crippen molar-refractivity contribution >= 4 is 33.4 Å². The Labute approximate surface area is 182 Å². The van der Waals surface area contributed by atoms with Gasteiger partial charge in [0.1, 0.15) is 15.9 Å². The maximum Gasteiger partial charge on any atom is 0.102 e. The minimum atomic E-state index is -0.877. The molecule has 0 aliphatic rings. The zero-order chi connectivity index (χ0) is 20.5. The summed E-state index contributed by atoms with van der Waals surface area (Å²) in [6.45, 7) is 0. The molecule has 0 spiro atoms. The van der Waals surface area contributed by atoms with Gasteiger partial charge in [-0.3, -0.25) is 0 Å². The number of nitrogens with zero attached hydrogens (tertiary/aromatic N) is 1. The Hall–Kier alpha value is -1.94. The van der Waals surface area contributed by atoms with Crippen LogP contribution in [-0.2, 0) is 23.0 Å². The predicted octanol–water partition coefficient (Wildman–Crippen LogP) is 4.37. The van der Waals surface area contributed by atoms with Gasteiger partial charge in [-0.05, 0) is 36.4 Å². The van der Waals surface area contributed by atoms with Crippen LogP contribution >= 0.6 is 17.5 Å². The molecule has 28 heavy (non-hydrogen) atoms. The summed E-state index contributed by atoms with van der Waals surface area (Å²) < 4.78 is 7.25. The van der Waals surface area contributed by atoms with Gasteiger partial charge in [0.15, 0.2) is 0 Å². The van der Waals surface area contributed by atoms with Gasteiger partial charge >= 0.3 is 37.9 Å². The second kappa shape index (κ2) is 16.1. The summed E-state index contributed by atoms with van der Waals surface area (Å²) in [6.07, 6.45) is 0. The Morgan fingerprint density at radius 1 is 0.643 bits per heavy atom. The van der Waals surface area contributed by atoms with Crippen molar-refractivity contribution in [3.63, 3.8) is 0 Å². The van der Waals surface area contributed by atoms with Crippen LogP contribution in [0.2, 0.25) is 0 Å². The second-order valence-electron chi connectivity index (χ2n) is 5.16. The molecule has 4 rings (SSSR count). The first-order valence-electron chi connectivity index (χ1n) is 8.13. The first kappa shape index (κ1) is 24.1. The number of halogens is 1. The molecule has 0 aromatic heterocycles. The molecular weight excluding hydrogens is 559 g/mol. The summed E-state index contributed by atoms with van der Waals surface area (Å²) in [5.41, 5.74) is 5.75. The first-order chi connectivity index (χ1) is 13.9. The Morgan fingerprint density at radius 3 is 1.14 bits per heavy atom. The van der Waals surface area contributed by atoms with Gasteiger partial charge in [-0.1, -0.05) is 54.6 Å². The molecule has 0 aliphatic carbocycles. The summed E-state index contributed by atoms with van der Waals surface area (Å²) in [5.74, 6) is 0. The minimum Gasteiger partial charge on any atom is -0.999 e. The summed E-state index contributed by atoms with van der Waals surface area (Å²) in [6, 6.07) is 44.5. The average molecular weight is 576 g/mol. The zero-order valence-corrected chi connectivity index (χ0v) is 19.3. The molecule has 0 radical (unpaired) electrons. The van der Waals surface area contributed by atoms with Crippen molar-refractivity contribution in [3.8, 4) is 0 Å². The molecule has 0 saturated carbocycles. The van der Waals surface area contributed by atoms with E-state index in [1.807, 2.05) is 0 Å². The molecule has 0 amide bonds. The molecule has 0 heterocycles. The Bertz CT molecular complexity index is 745. The molecule has 5 heteroatoms. The van der Waals surface area contributed by atoms with Crippen LogP contribution in [0, 0.1) is 29.7 Å². The number of rotatable bonds is 3. The smallest absolute Gasteiger partial charge is 0.102 e. The predicted molar refractivity (Wildman–Crippen MR) is 112 cm³/mol. The standard InChI is InChI=1S/C18H15P.C5H.ClH.NO.Re/c1-4-10-16(11-5-1)19(17-12-6-2-7-13-17)18-14-8-3-9-15-18;1-2-4-5-3-1;;1-2;/h1-15H;1H;1H;;/q;-5;;2*+1. The average Bonchev–Trinajstić information content (AvgIpc) is 3.39. The van der Waals surface area contributed by atoms with Crippen molar-refractivity contribution in [3.05, 3.63) is 121 Å². The van der Waals surface area contributed by atoms with Gasteiger partial charge in [-0.25, -0.2) is 0 Å². The molecular formula is C23H17ClNOPRe-3. The van der Waals surface area contributed by atoms with Crippen LogP contribution in [0.3, 0.4) is 0 Å². The fourth-order valence-electron chi connectivity index (χ4n) is 2.49. The van der Waals surface area contributed by atoms with Crippen LogP contribution in [0.1, 0.15) is 0 Å². The molecule has 0 saturated heterocycles. The molecule has 142 valence electrons. The zero-order valence-electron chi connectivity index (χ0n) is 14.8. The molecule has 0 unspecified atom stereocenters. The molecule has 2 nitrogen and oxygen atoms in total. The number of hydrogen-bond donors (Lipinski definition) is 0. The first-order valence-corrected chi connectivity index (χ1v) is 13.0. The summed E-state index contributed by atoms with van der Waals surface area (Å²) in [7, 11) is 3.82. The van der Waals surface area contributed by atoms with Crippen molar-refractivity contribution in [2.75, 3.05) is 0 Å². The summed E-state index contributed by atoms with van der Waals surface area (Å²) in [4.78, 5) is 0. The third-order valence-corrected chi connectivity index (χ3v) is 6.27. The number of hydrogen-bond acceptors (Lipinski definition) is 1. The van der Waals surface area contributed by atoms with Crippen LogP contribution in [0.15, 0.2) is 97.1 Å². The van der Waals surface area contributed by atoms with Crippen LogP contribution in [0.5, 0.6) is 0 Å². The summed E-state index contributed by atoms with van der Waals surface area (Å²) >= 11 is 1.19. The Balaban J connectivity index is 0.000000368. The molecule has 0 N–H and O–H groups in total. The van der Waals surface area contributed by atoms with E-state index in [4.69, 9.17) is 19.8 Å². The van der Waals surface area contributed by atoms with Crippen molar-refractivity contribution in [1.82, 2.24) is 0 Å². The van der Waals surface area contributed by atoms with E-state index < -0.39 is 7.92 Å². The number of benzene rings is 3. The van der Waals surface area contributed by atoms with Gasteiger partial charge in [0.25, 0.3) is 0 Å². The van der Waals surface area contributed by atoms with E-state index >= 15 is 0 Å². The van der Waals surface area contributed by atoms with E-state index in [0.29, 0.717) is 0 Å². The van der Waals surface area contributed by atoms with E-state index in [-0.39, 0.29) is 0 Å². The maximum absolute atomic E-state index is 7.25. The second-order valence-corrected chi connectivity index (χ2v) is 7.64. The van der Waals surface area contributed by atoms with Crippen LogP contribution < -0.4 is 15.9 Å². The van der Waals surface area contributed by atoms with E-state index in [2.05, 4.69) is 115 Å². The Kier molecular flexibility index (Phi) is 13.8. The molecule has 0 bridgehead atoms. The van der Waals surface area contributed by atoms with Gasteiger partial charge in [-0.15, -0.1) is 0 Å². The van der Waals surface area contributed by atoms with E-state index in [0.717, 1.165) is 0 Å². The molecule has 0 aliphatic heterocycles. The third-order valence-electron chi connectivity index (χ3n) is 3.54. The normalized spacial score (nSPS) is 8.89. The third kappa shape index (κ3) is 8.39. The van der Waals surface area contributed by atoms with Crippen molar-refractivity contribution in [2.45, 2.75) is 0 Å².